The van der Waals surface area contributed by atoms with E-state index in [0.29, 0.717) is 15.2 Å². The van der Waals surface area contributed by atoms with Crippen molar-refractivity contribution >= 4 is 52.9 Å². The minimum atomic E-state index is -4.62. The van der Waals surface area contributed by atoms with Crippen molar-refractivity contribution in [2.75, 3.05) is 6.54 Å². The molecule has 3 rings (SSSR count). The first-order chi connectivity index (χ1) is 11.6. The monoisotopic (exact) mass is 452 g/mol. The van der Waals surface area contributed by atoms with Crippen molar-refractivity contribution in [2.45, 2.75) is 18.0 Å². The van der Waals surface area contributed by atoms with E-state index in [1.165, 1.54) is 46.4 Å². The van der Waals surface area contributed by atoms with E-state index in [2.05, 4.69) is 15.2 Å². The number of rotatable bonds is 4. The molecule has 1 aromatic carbocycles. The van der Waals surface area contributed by atoms with Crippen LogP contribution in [0, 0.1) is 6.92 Å². The number of alkyl halides is 3. The molecule has 0 spiro atoms. The average Bonchev–Trinajstić information content (AvgIpc) is 3.06. The van der Waals surface area contributed by atoms with E-state index in [9.17, 15) is 21.6 Å². The number of sulfonamides is 1. The van der Waals surface area contributed by atoms with Crippen LogP contribution in [-0.4, -0.2) is 53.2 Å². The zero-order valence-electron chi connectivity index (χ0n) is 12.7. The Bertz CT molecular complexity index is 1020. The zero-order valence-corrected chi connectivity index (χ0v) is 16.7. The number of aromatic nitrogens is 3. The van der Waals surface area contributed by atoms with Crippen LogP contribution in [0.5, 0.6) is 0 Å². The predicted octanol–water partition coefficient (Wildman–Crippen LogP) is 1.09. The molecule has 0 bridgehead atoms. The van der Waals surface area contributed by atoms with E-state index >= 15 is 0 Å². The van der Waals surface area contributed by atoms with Crippen molar-refractivity contribution in [3.63, 3.8) is 0 Å². The number of aromatic amines is 1. The molecule has 3 aromatic rings. The fraction of sp³-hybridized carbons (Fsp3) is 0.231. The van der Waals surface area contributed by atoms with E-state index in [-0.39, 0.29) is 4.90 Å². The van der Waals surface area contributed by atoms with Crippen LogP contribution in [0.15, 0.2) is 23.1 Å². The van der Waals surface area contributed by atoms with E-state index in [1.807, 2.05) is 6.92 Å². The van der Waals surface area contributed by atoms with Crippen LogP contribution in [-0.2, 0) is 10.0 Å². The topological polar surface area (TPSA) is 87.7 Å². The number of H-pyrrole nitrogens is 1. The molecule has 0 aliphatic carbocycles. The molecular weight excluding hydrogens is 440 g/mol. The maximum atomic E-state index is 12.2. The van der Waals surface area contributed by atoms with Gasteiger partial charge in [0.15, 0.2) is 0 Å². The van der Waals surface area contributed by atoms with Gasteiger partial charge >= 0.3 is 153 Å². The standard InChI is InChI=1S/C13H12AsF3N4O2S2/c1-6-10(11(14)21-20-6)12-19-8-3-2-7(4-9(8)24-12)25(22,23)18-5-13(15,16)17/h2-4,18H,5,14H2,1H3,(H,20,21). The molecule has 2 aromatic heterocycles. The molecule has 0 radical (unpaired) electrons. The molecule has 0 aliphatic rings. The summed E-state index contributed by atoms with van der Waals surface area (Å²) in [6.07, 6.45) is -4.62. The van der Waals surface area contributed by atoms with Crippen molar-refractivity contribution in [1.82, 2.24) is 19.9 Å². The number of hydrogen-bond donors (Lipinski definition) is 2. The SMILES string of the molecule is Cc1n[nH]c([AsH2])c1-c1nc2ccc(S(=O)(=O)NCC(F)(F)F)cc2s1. The van der Waals surface area contributed by atoms with Gasteiger partial charge in [-0.1, -0.05) is 0 Å². The van der Waals surface area contributed by atoms with E-state index in [1.54, 1.807) is 4.72 Å². The van der Waals surface area contributed by atoms with Gasteiger partial charge in [0, 0.05) is 0 Å². The number of aryl methyl sites for hydroxylation is 1. The normalized spacial score (nSPS) is 12.8. The second-order valence-corrected chi connectivity index (χ2v) is 9.19. The van der Waals surface area contributed by atoms with Crippen LogP contribution >= 0.6 is 11.3 Å². The summed E-state index contributed by atoms with van der Waals surface area (Å²) >= 11 is 2.61. The van der Waals surface area contributed by atoms with Gasteiger partial charge in [0.25, 0.3) is 0 Å². The summed E-state index contributed by atoms with van der Waals surface area (Å²) in [6, 6.07) is 4.04. The van der Waals surface area contributed by atoms with Gasteiger partial charge in [0.2, 0.25) is 0 Å². The molecule has 134 valence electrons. The third-order valence-electron chi connectivity index (χ3n) is 3.32. The third kappa shape index (κ3) is 3.89. The van der Waals surface area contributed by atoms with E-state index in [4.69, 9.17) is 0 Å². The summed E-state index contributed by atoms with van der Waals surface area (Å²) in [4.78, 5) is 4.23. The second-order valence-electron chi connectivity index (χ2n) is 5.19. The number of halogens is 3. The van der Waals surface area contributed by atoms with Crippen molar-refractivity contribution < 1.29 is 21.6 Å². The first-order valence-corrected chi connectivity index (χ1v) is 10.4. The Morgan fingerprint density at radius 1 is 1.36 bits per heavy atom. The number of nitrogens with zero attached hydrogens (tertiary/aromatic N) is 2. The average molecular weight is 452 g/mol. The van der Waals surface area contributed by atoms with Crippen molar-refractivity contribution in [3.8, 4) is 10.6 Å². The fourth-order valence-corrected chi connectivity index (χ4v) is 5.47. The van der Waals surface area contributed by atoms with Crippen molar-refractivity contribution in [2.24, 2.45) is 0 Å². The van der Waals surface area contributed by atoms with Crippen LogP contribution in [0.25, 0.3) is 20.8 Å². The molecule has 0 saturated heterocycles. The third-order valence-corrected chi connectivity index (χ3v) is 6.63. The summed E-state index contributed by atoms with van der Waals surface area (Å²) in [5.41, 5.74) is 2.21. The Morgan fingerprint density at radius 2 is 2.08 bits per heavy atom. The summed E-state index contributed by atoms with van der Waals surface area (Å²) in [7, 11) is -4.25. The first-order valence-electron chi connectivity index (χ1n) is 6.85. The fourth-order valence-electron chi connectivity index (χ4n) is 2.16. The molecule has 0 fully saturated rings. The quantitative estimate of drug-likeness (QED) is 0.581. The molecule has 2 N–H and O–H groups in total. The minimum absolute atomic E-state index is 0.232. The second kappa shape index (κ2) is 6.38. The van der Waals surface area contributed by atoms with Gasteiger partial charge in [-0.15, -0.1) is 0 Å². The van der Waals surface area contributed by atoms with Crippen molar-refractivity contribution in [1.29, 1.82) is 0 Å². The van der Waals surface area contributed by atoms with Crippen LogP contribution < -0.4 is 9.20 Å². The van der Waals surface area contributed by atoms with Crippen LogP contribution in [0.3, 0.4) is 0 Å². The van der Waals surface area contributed by atoms with Crippen LogP contribution in [0.2, 0.25) is 0 Å². The van der Waals surface area contributed by atoms with Gasteiger partial charge in [-0.3, -0.25) is 0 Å². The molecule has 12 heteroatoms. The number of thiazole rings is 1. The van der Waals surface area contributed by atoms with Gasteiger partial charge in [-0.25, -0.2) is 0 Å². The van der Waals surface area contributed by atoms with Crippen LogP contribution in [0.1, 0.15) is 5.69 Å². The van der Waals surface area contributed by atoms with E-state index < -0.39 is 22.7 Å². The number of hydrogen-bond acceptors (Lipinski definition) is 5. The molecule has 0 aliphatic heterocycles. The molecule has 25 heavy (non-hydrogen) atoms. The van der Waals surface area contributed by atoms with E-state index in [0.717, 1.165) is 15.7 Å². The predicted molar refractivity (Wildman–Crippen MR) is 91.4 cm³/mol. The molecule has 6 nitrogen and oxygen atoms in total. The first kappa shape index (κ1) is 18.4. The van der Waals surface area contributed by atoms with Gasteiger partial charge < -0.3 is 0 Å². The Kier molecular flexibility index (Phi) is 4.69. The van der Waals surface area contributed by atoms with Gasteiger partial charge in [-0.05, 0) is 0 Å². The number of fused-ring (bicyclic) bond motifs is 1. The summed E-state index contributed by atoms with van der Waals surface area (Å²) in [6.45, 7) is 0.217. The summed E-state index contributed by atoms with van der Waals surface area (Å²) in [5, 5.41) is 7.67. The molecule has 1 unspecified atom stereocenters. The Morgan fingerprint density at radius 3 is 2.68 bits per heavy atom. The molecule has 2 heterocycles. The number of nitrogens with one attached hydrogen (secondary N) is 2. The zero-order chi connectivity index (χ0) is 18.4. The maximum absolute atomic E-state index is 12.2. The van der Waals surface area contributed by atoms with Gasteiger partial charge in [0.05, 0.1) is 0 Å². The van der Waals surface area contributed by atoms with Gasteiger partial charge in [-0.2, -0.15) is 0 Å². The van der Waals surface area contributed by atoms with Crippen LogP contribution in [0.4, 0.5) is 13.2 Å². The Labute approximate surface area is 153 Å². The summed E-state index contributed by atoms with van der Waals surface area (Å²) in [5.74, 6) is 0. The molecular formula is C13H12AsF3N4O2S2. The number of benzene rings is 1. The Hall–Kier alpha value is -1.42. The molecule has 0 saturated carbocycles. The van der Waals surface area contributed by atoms with Gasteiger partial charge in [0.1, 0.15) is 0 Å². The molecule has 1 atom stereocenters. The van der Waals surface area contributed by atoms with Crippen molar-refractivity contribution in [3.05, 3.63) is 23.9 Å². The summed E-state index contributed by atoms with van der Waals surface area (Å²) < 4.78 is 63.8. The molecule has 0 amide bonds. The Balaban J connectivity index is 1.98.